The lowest BCUT2D eigenvalue weighted by Crippen LogP contribution is -2.38. The van der Waals surface area contributed by atoms with Crippen LogP contribution >= 0.6 is 0 Å². The number of amides is 1. The van der Waals surface area contributed by atoms with Crippen molar-refractivity contribution in [2.75, 3.05) is 0 Å². The molecule has 4 aromatic carbocycles. The molecule has 1 aromatic heterocycles. The van der Waals surface area contributed by atoms with Gasteiger partial charge in [-0.15, -0.1) is 0 Å². The zero-order valence-corrected chi connectivity index (χ0v) is 24.9. The van der Waals surface area contributed by atoms with E-state index in [1.54, 1.807) is 54.6 Å². The van der Waals surface area contributed by atoms with Crippen LogP contribution in [0.1, 0.15) is 74.5 Å². The van der Waals surface area contributed by atoms with Crippen molar-refractivity contribution in [3.8, 4) is 11.1 Å². The van der Waals surface area contributed by atoms with Gasteiger partial charge in [0.1, 0.15) is 0 Å². The van der Waals surface area contributed by atoms with Crippen LogP contribution in [0.5, 0.6) is 0 Å². The Labute approximate surface area is 254 Å². The van der Waals surface area contributed by atoms with Crippen LogP contribution in [0, 0.1) is 13.8 Å². The predicted molar refractivity (Wildman–Crippen MR) is 166 cm³/mol. The van der Waals surface area contributed by atoms with E-state index in [4.69, 9.17) is 0 Å². The van der Waals surface area contributed by atoms with Crippen LogP contribution in [0.25, 0.3) is 22.0 Å². The van der Waals surface area contributed by atoms with Gasteiger partial charge in [-0.1, -0.05) is 80.6 Å². The maximum atomic E-state index is 14.1. The van der Waals surface area contributed by atoms with Gasteiger partial charge in [0.15, 0.2) is 6.04 Å². The van der Waals surface area contributed by atoms with E-state index in [0.29, 0.717) is 12.1 Å². The van der Waals surface area contributed by atoms with Crippen molar-refractivity contribution in [3.63, 3.8) is 0 Å². The van der Waals surface area contributed by atoms with Crippen molar-refractivity contribution in [1.82, 2.24) is 9.88 Å². The SMILES string of the molecule is Cc1c(C)n(Cc2ccc(-c3ccccc3C(=O)O)cc2)c2ccc(C(=O)N[C@@H](c3cccc(C(C)C)c3)C(F)(F)F)cc12. The van der Waals surface area contributed by atoms with E-state index < -0.39 is 24.1 Å². The molecule has 0 bridgehead atoms. The molecule has 5 nitrogen and oxygen atoms in total. The van der Waals surface area contributed by atoms with Gasteiger partial charge in [0.2, 0.25) is 0 Å². The van der Waals surface area contributed by atoms with Gasteiger partial charge in [0.05, 0.1) is 5.56 Å². The number of alkyl halides is 3. The minimum absolute atomic E-state index is 0.00577. The number of benzene rings is 4. The molecule has 0 saturated heterocycles. The summed E-state index contributed by atoms with van der Waals surface area (Å²) >= 11 is 0. The highest BCUT2D eigenvalue weighted by molar-refractivity contribution is 5.99. The van der Waals surface area contributed by atoms with Crippen molar-refractivity contribution < 1.29 is 27.9 Å². The van der Waals surface area contributed by atoms with E-state index in [-0.39, 0.29) is 22.6 Å². The number of carboxylic acids is 1. The Bertz CT molecular complexity index is 1850. The molecule has 0 aliphatic heterocycles. The summed E-state index contributed by atoms with van der Waals surface area (Å²) in [6.07, 6.45) is -4.67. The van der Waals surface area contributed by atoms with Crippen LogP contribution in [0.15, 0.2) is 91.0 Å². The Morgan fingerprint density at radius 1 is 0.864 bits per heavy atom. The lowest BCUT2D eigenvalue weighted by atomic mass is 9.97. The number of hydrogen-bond donors (Lipinski definition) is 2. The monoisotopic (exact) mass is 598 g/mol. The van der Waals surface area contributed by atoms with Crippen LogP contribution < -0.4 is 5.32 Å². The highest BCUT2D eigenvalue weighted by atomic mass is 19.4. The summed E-state index contributed by atoms with van der Waals surface area (Å²) in [4.78, 5) is 24.8. The van der Waals surface area contributed by atoms with Gasteiger partial charge in [0.25, 0.3) is 5.91 Å². The number of nitrogens with zero attached hydrogens (tertiary/aromatic N) is 1. The predicted octanol–water partition coefficient (Wildman–Crippen LogP) is 8.83. The smallest absolute Gasteiger partial charge is 0.412 e. The van der Waals surface area contributed by atoms with Crippen molar-refractivity contribution in [3.05, 3.63) is 130 Å². The summed E-state index contributed by atoms with van der Waals surface area (Å²) in [7, 11) is 0. The van der Waals surface area contributed by atoms with E-state index in [9.17, 15) is 27.9 Å². The summed E-state index contributed by atoms with van der Waals surface area (Å²) in [5.41, 5.74) is 6.30. The zero-order chi connectivity index (χ0) is 31.8. The number of rotatable bonds is 8. The van der Waals surface area contributed by atoms with Crippen molar-refractivity contribution in [2.24, 2.45) is 0 Å². The molecular formula is C36H33F3N2O3. The van der Waals surface area contributed by atoms with Gasteiger partial charge in [-0.2, -0.15) is 13.2 Å². The molecule has 0 spiro atoms. The number of aromatic carboxylic acids is 1. The number of fused-ring (bicyclic) bond motifs is 1. The topological polar surface area (TPSA) is 71.3 Å². The molecule has 5 rings (SSSR count). The van der Waals surface area contributed by atoms with Crippen LogP contribution in [0.3, 0.4) is 0 Å². The molecule has 226 valence electrons. The minimum atomic E-state index is -4.67. The summed E-state index contributed by atoms with van der Waals surface area (Å²) in [5.74, 6) is -1.74. The van der Waals surface area contributed by atoms with Gasteiger partial charge in [-0.25, -0.2) is 4.79 Å². The molecule has 0 unspecified atom stereocenters. The van der Waals surface area contributed by atoms with Crippen LogP contribution in [0.2, 0.25) is 0 Å². The molecule has 1 atom stereocenters. The van der Waals surface area contributed by atoms with E-state index in [0.717, 1.165) is 38.9 Å². The van der Waals surface area contributed by atoms with E-state index in [1.807, 2.05) is 52.0 Å². The molecule has 0 fully saturated rings. The second-order valence-electron chi connectivity index (χ2n) is 11.3. The molecular weight excluding hydrogens is 565 g/mol. The highest BCUT2D eigenvalue weighted by Gasteiger charge is 2.42. The molecule has 5 aromatic rings. The number of aromatic nitrogens is 1. The van der Waals surface area contributed by atoms with Gasteiger partial charge >= 0.3 is 12.1 Å². The summed E-state index contributed by atoms with van der Waals surface area (Å²) in [6, 6.07) is 23.6. The Kier molecular flexibility index (Phi) is 8.37. The molecule has 1 heterocycles. The second kappa shape index (κ2) is 12.0. The fourth-order valence-electron chi connectivity index (χ4n) is 5.55. The first kappa shape index (κ1) is 30.6. The maximum Gasteiger partial charge on any atom is 0.412 e. The standard InChI is InChI=1S/C36H33F3N2O3/c1-21(2)26-8-7-9-27(18-26)33(36(37,38)39)40-34(42)28-16-17-32-31(19-28)22(3)23(4)41(32)20-24-12-14-25(15-13-24)29-10-5-6-11-30(29)35(43)44/h5-19,21,33H,20H2,1-4H3,(H,40,42)(H,43,44)/t33-/m0/s1. The van der Waals surface area contributed by atoms with Crippen LogP contribution in [-0.2, 0) is 6.54 Å². The quantitative estimate of drug-likeness (QED) is 0.188. The first-order valence-corrected chi connectivity index (χ1v) is 14.3. The fraction of sp³-hybridized carbons (Fsp3) is 0.222. The lowest BCUT2D eigenvalue weighted by molar-refractivity contribution is -0.155. The average molecular weight is 599 g/mol. The van der Waals surface area contributed by atoms with Gasteiger partial charge < -0.3 is 15.0 Å². The van der Waals surface area contributed by atoms with Crippen molar-refractivity contribution in [2.45, 2.75) is 52.4 Å². The normalized spacial score (nSPS) is 12.5. The van der Waals surface area contributed by atoms with E-state index in [2.05, 4.69) is 9.88 Å². The molecule has 0 radical (unpaired) electrons. The number of carbonyl (C=O) groups is 2. The Hall–Kier alpha value is -4.85. The van der Waals surface area contributed by atoms with E-state index in [1.165, 1.54) is 12.1 Å². The Morgan fingerprint density at radius 2 is 1.55 bits per heavy atom. The number of halogens is 3. The first-order valence-electron chi connectivity index (χ1n) is 14.3. The third kappa shape index (κ3) is 6.11. The molecule has 1 amide bonds. The van der Waals surface area contributed by atoms with Crippen molar-refractivity contribution >= 4 is 22.8 Å². The number of aryl methyl sites for hydroxylation is 1. The molecule has 2 N–H and O–H groups in total. The van der Waals surface area contributed by atoms with Gasteiger partial charge in [-0.05, 0) is 77.4 Å². The lowest BCUT2D eigenvalue weighted by Gasteiger charge is -2.23. The van der Waals surface area contributed by atoms with Gasteiger partial charge in [-0.3, -0.25) is 4.79 Å². The van der Waals surface area contributed by atoms with Gasteiger partial charge in [0, 0.05) is 28.7 Å². The maximum absolute atomic E-state index is 14.1. The second-order valence-corrected chi connectivity index (χ2v) is 11.3. The van der Waals surface area contributed by atoms with Crippen molar-refractivity contribution in [1.29, 1.82) is 0 Å². The third-order valence-corrected chi connectivity index (χ3v) is 8.18. The summed E-state index contributed by atoms with van der Waals surface area (Å²) in [5, 5.41) is 12.6. The molecule has 0 aliphatic rings. The molecule has 0 aliphatic carbocycles. The first-order chi connectivity index (χ1) is 20.8. The third-order valence-electron chi connectivity index (χ3n) is 8.18. The summed E-state index contributed by atoms with van der Waals surface area (Å²) < 4.78 is 44.5. The Morgan fingerprint density at radius 3 is 2.20 bits per heavy atom. The largest absolute Gasteiger partial charge is 0.478 e. The number of nitrogens with one attached hydrogen (secondary N) is 1. The fourth-order valence-corrected chi connectivity index (χ4v) is 5.55. The number of carboxylic acid groups (broad SMARTS) is 1. The van der Waals surface area contributed by atoms with E-state index >= 15 is 0 Å². The van der Waals surface area contributed by atoms with Crippen LogP contribution in [0.4, 0.5) is 13.2 Å². The zero-order valence-electron chi connectivity index (χ0n) is 24.9. The highest BCUT2D eigenvalue weighted by Crippen LogP contribution is 2.35. The van der Waals surface area contributed by atoms with Crippen LogP contribution in [-0.4, -0.2) is 27.7 Å². The average Bonchev–Trinajstić information content (AvgIpc) is 3.23. The minimum Gasteiger partial charge on any atom is -0.478 e. The molecule has 44 heavy (non-hydrogen) atoms. The Balaban J connectivity index is 1.41. The summed E-state index contributed by atoms with van der Waals surface area (Å²) in [6.45, 7) is 8.22. The number of carbonyl (C=O) groups excluding carboxylic acids is 1. The number of hydrogen-bond acceptors (Lipinski definition) is 2. The molecule has 0 saturated carbocycles. The molecule has 8 heteroatoms.